The number of hydrogen-bond donors (Lipinski definition) is 2. The fourth-order valence-corrected chi connectivity index (χ4v) is 2.68. The number of aliphatic carboxylic acids is 1. The molecule has 0 aromatic heterocycles. The van der Waals surface area contributed by atoms with Crippen molar-refractivity contribution in [3.8, 4) is 11.5 Å². The fourth-order valence-electron chi connectivity index (χ4n) is 2.68. The minimum absolute atomic E-state index is 0.119. The summed E-state index contributed by atoms with van der Waals surface area (Å²) in [5.41, 5.74) is -0.0133. The summed E-state index contributed by atoms with van der Waals surface area (Å²) in [6, 6.07) is 5.33. The molecule has 0 unspecified atom stereocenters. The van der Waals surface area contributed by atoms with E-state index in [-0.39, 0.29) is 5.92 Å². The van der Waals surface area contributed by atoms with E-state index in [4.69, 9.17) is 9.47 Å². The molecule has 1 fully saturated rings. The molecule has 5 nitrogen and oxygen atoms in total. The van der Waals surface area contributed by atoms with Crippen LogP contribution >= 0.6 is 0 Å². The quantitative estimate of drug-likeness (QED) is 0.810. The molecular formula is C14H19NO4. The van der Waals surface area contributed by atoms with Crippen molar-refractivity contribution in [1.29, 1.82) is 0 Å². The number of carbonyl (C=O) groups is 1. The maximum Gasteiger partial charge on any atom is 0.314 e. The molecule has 0 radical (unpaired) electrons. The van der Waals surface area contributed by atoms with Gasteiger partial charge < -0.3 is 19.9 Å². The Balaban J connectivity index is 2.37. The smallest absolute Gasteiger partial charge is 0.314 e. The zero-order valence-corrected chi connectivity index (χ0v) is 11.4. The summed E-state index contributed by atoms with van der Waals surface area (Å²) in [4.78, 5) is 11.6. The number of rotatable bonds is 6. The monoisotopic (exact) mass is 265 g/mol. The minimum Gasteiger partial charge on any atom is -0.493 e. The summed E-state index contributed by atoms with van der Waals surface area (Å²) < 4.78 is 10.4. The molecule has 2 N–H and O–H groups in total. The number of nitrogens with one attached hydrogen (secondary N) is 1. The molecule has 19 heavy (non-hydrogen) atoms. The molecule has 2 rings (SSSR count). The van der Waals surface area contributed by atoms with Gasteiger partial charge in [0.25, 0.3) is 0 Å². The van der Waals surface area contributed by atoms with E-state index in [0.717, 1.165) is 5.56 Å². The van der Waals surface area contributed by atoms with Crippen LogP contribution < -0.4 is 14.8 Å². The molecule has 0 bridgehead atoms. The maximum atomic E-state index is 11.6. The first-order valence-electron chi connectivity index (χ1n) is 6.20. The predicted molar refractivity (Wildman–Crippen MR) is 70.9 cm³/mol. The summed E-state index contributed by atoms with van der Waals surface area (Å²) >= 11 is 0. The van der Waals surface area contributed by atoms with Gasteiger partial charge in [-0.25, -0.2) is 0 Å². The summed E-state index contributed by atoms with van der Waals surface area (Å²) in [6.07, 6.45) is 0.651. The van der Waals surface area contributed by atoms with Crippen molar-refractivity contribution in [2.45, 2.75) is 11.8 Å². The van der Waals surface area contributed by atoms with Crippen molar-refractivity contribution in [2.75, 3.05) is 27.8 Å². The van der Waals surface area contributed by atoms with E-state index in [1.54, 1.807) is 26.4 Å². The number of hydrogen-bond acceptors (Lipinski definition) is 4. The highest BCUT2D eigenvalue weighted by molar-refractivity contribution is 5.86. The highest BCUT2D eigenvalue weighted by Gasteiger charge is 2.61. The van der Waals surface area contributed by atoms with E-state index in [2.05, 4.69) is 5.32 Å². The largest absolute Gasteiger partial charge is 0.493 e. The minimum atomic E-state index is -0.789. The molecule has 1 aromatic carbocycles. The third-order valence-corrected chi connectivity index (χ3v) is 3.84. The SMILES string of the molecule is CNC[C@H]1C[C@@]1(C(=O)O)c1ccc(OC)c(OC)c1. The molecule has 104 valence electrons. The Morgan fingerprint density at radius 1 is 1.42 bits per heavy atom. The van der Waals surface area contributed by atoms with Gasteiger partial charge in [-0.2, -0.15) is 0 Å². The van der Waals surface area contributed by atoms with Crippen LogP contribution in [0.3, 0.4) is 0 Å². The van der Waals surface area contributed by atoms with Gasteiger partial charge in [-0.3, -0.25) is 4.79 Å². The van der Waals surface area contributed by atoms with E-state index < -0.39 is 11.4 Å². The highest BCUT2D eigenvalue weighted by atomic mass is 16.5. The fraction of sp³-hybridized carbons (Fsp3) is 0.500. The van der Waals surface area contributed by atoms with Crippen LogP contribution in [0, 0.1) is 5.92 Å². The van der Waals surface area contributed by atoms with E-state index in [1.807, 2.05) is 13.1 Å². The van der Waals surface area contributed by atoms with Crippen molar-refractivity contribution in [3.63, 3.8) is 0 Å². The second kappa shape index (κ2) is 5.09. The molecule has 1 aliphatic carbocycles. The van der Waals surface area contributed by atoms with Crippen molar-refractivity contribution >= 4 is 5.97 Å². The van der Waals surface area contributed by atoms with Crippen LogP contribution in [-0.2, 0) is 10.2 Å². The normalized spacial score (nSPS) is 24.9. The first kappa shape index (κ1) is 13.7. The Kier molecular flexibility index (Phi) is 3.66. The zero-order chi connectivity index (χ0) is 14.0. The Labute approximate surface area is 112 Å². The van der Waals surface area contributed by atoms with Crippen molar-refractivity contribution in [3.05, 3.63) is 23.8 Å². The third kappa shape index (κ3) is 2.14. The number of ether oxygens (including phenoxy) is 2. The van der Waals surface area contributed by atoms with Gasteiger partial charge in [0.2, 0.25) is 0 Å². The van der Waals surface area contributed by atoms with E-state index in [0.29, 0.717) is 24.5 Å². The molecule has 0 saturated heterocycles. The molecule has 0 amide bonds. The lowest BCUT2D eigenvalue weighted by Gasteiger charge is -2.16. The van der Waals surface area contributed by atoms with Gasteiger partial charge in [0.15, 0.2) is 11.5 Å². The van der Waals surface area contributed by atoms with E-state index in [9.17, 15) is 9.90 Å². The Bertz CT molecular complexity index is 488. The second-order valence-electron chi connectivity index (χ2n) is 4.80. The molecule has 1 aliphatic rings. The average Bonchev–Trinajstić information content (AvgIpc) is 3.14. The van der Waals surface area contributed by atoms with Gasteiger partial charge >= 0.3 is 5.97 Å². The summed E-state index contributed by atoms with van der Waals surface area (Å²) in [7, 11) is 4.94. The Morgan fingerprint density at radius 3 is 2.63 bits per heavy atom. The molecule has 2 atom stereocenters. The van der Waals surface area contributed by atoms with E-state index >= 15 is 0 Å². The van der Waals surface area contributed by atoms with Gasteiger partial charge in [-0.15, -0.1) is 0 Å². The van der Waals surface area contributed by atoms with Crippen LogP contribution in [-0.4, -0.2) is 38.9 Å². The lowest BCUT2D eigenvalue weighted by Crippen LogP contribution is -2.26. The molecule has 1 aromatic rings. The molecular weight excluding hydrogens is 246 g/mol. The van der Waals surface area contributed by atoms with Crippen LogP contribution in [0.15, 0.2) is 18.2 Å². The van der Waals surface area contributed by atoms with Crippen LogP contribution in [0.25, 0.3) is 0 Å². The first-order valence-corrected chi connectivity index (χ1v) is 6.20. The van der Waals surface area contributed by atoms with Crippen LogP contribution in [0.5, 0.6) is 11.5 Å². The summed E-state index contributed by atoms with van der Waals surface area (Å²) in [6.45, 7) is 0.695. The molecule has 0 spiro atoms. The third-order valence-electron chi connectivity index (χ3n) is 3.84. The number of carboxylic acids is 1. The molecule has 1 saturated carbocycles. The Morgan fingerprint density at radius 2 is 2.11 bits per heavy atom. The van der Waals surface area contributed by atoms with Gasteiger partial charge in [0.05, 0.1) is 19.6 Å². The Hall–Kier alpha value is -1.75. The first-order chi connectivity index (χ1) is 9.09. The molecule has 0 heterocycles. The predicted octanol–water partition coefficient (Wildman–Crippen LogP) is 1.27. The van der Waals surface area contributed by atoms with E-state index in [1.165, 1.54) is 0 Å². The maximum absolute atomic E-state index is 11.6. The highest BCUT2D eigenvalue weighted by Crippen LogP contribution is 2.55. The van der Waals surface area contributed by atoms with Gasteiger partial charge in [0.1, 0.15) is 0 Å². The number of benzene rings is 1. The van der Waals surface area contributed by atoms with Gasteiger partial charge in [0, 0.05) is 0 Å². The zero-order valence-electron chi connectivity index (χ0n) is 11.4. The molecule has 0 aliphatic heterocycles. The lowest BCUT2D eigenvalue weighted by molar-refractivity contribution is -0.140. The molecule has 5 heteroatoms. The topological polar surface area (TPSA) is 67.8 Å². The van der Waals surface area contributed by atoms with Gasteiger partial charge in [-0.05, 0) is 43.6 Å². The van der Waals surface area contributed by atoms with Crippen molar-refractivity contribution in [1.82, 2.24) is 5.32 Å². The number of carboxylic acid groups (broad SMARTS) is 1. The summed E-state index contributed by atoms with van der Waals surface area (Å²) in [5, 5.41) is 12.6. The second-order valence-corrected chi connectivity index (χ2v) is 4.80. The van der Waals surface area contributed by atoms with Crippen LogP contribution in [0.1, 0.15) is 12.0 Å². The lowest BCUT2D eigenvalue weighted by atomic mass is 9.93. The van der Waals surface area contributed by atoms with Crippen LogP contribution in [0.4, 0.5) is 0 Å². The van der Waals surface area contributed by atoms with Crippen LogP contribution in [0.2, 0.25) is 0 Å². The van der Waals surface area contributed by atoms with Crippen molar-refractivity contribution < 1.29 is 19.4 Å². The van der Waals surface area contributed by atoms with Crippen molar-refractivity contribution in [2.24, 2.45) is 5.92 Å². The number of methoxy groups -OCH3 is 2. The standard InChI is InChI=1S/C14H19NO4/c1-15-8-10-7-14(10,13(16)17)9-4-5-11(18-2)12(6-9)19-3/h4-6,10,15H,7-8H2,1-3H3,(H,16,17)/t10-,14-/m1/s1. The van der Waals surface area contributed by atoms with Gasteiger partial charge in [-0.1, -0.05) is 6.07 Å². The summed E-state index contributed by atoms with van der Waals surface area (Å²) in [5.74, 6) is 0.515. The average molecular weight is 265 g/mol.